The van der Waals surface area contributed by atoms with Gasteiger partial charge in [0, 0.05) is 12.6 Å². The predicted molar refractivity (Wildman–Crippen MR) is 98.2 cm³/mol. The minimum atomic E-state index is -0.583. The first kappa shape index (κ1) is 16.5. The van der Waals surface area contributed by atoms with E-state index < -0.39 is 6.10 Å². The van der Waals surface area contributed by atoms with E-state index in [1.165, 1.54) is 16.3 Å². The molecule has 0 radical (unpaired) electrons. The summed E-state index contributed by atoms with van der Waals surface area (Å²) in [4.78, 5) is 0. The van der Waals surface area contributed by atoms with Gasteiger partial charge in [-0.15, -0.1) is 0 Å². The highest BCUT2D eigenvalue weighted by Gasteiger charge is 2.11. The Morgan fingerprint density at radius 3 is 2.42 bits per heavy atom. The van der Waals surface area contributed by atoms with Gasteiger partial charge in [-0.25, -0.2) is 0 Å². The molecule has 0 saturated carbocycles. The number of fused-ring (bicyclic) bond motifs is 1. The first-order chi connectivity index (χ1) is 11.6. The Balaban J connectivity index is 1.61. The quantitative estimate of drug-likeness (QED) is 0.647. The monoisotopic (exact) mass is 321 g/mol. The summed E-state index contributed by atoms with van der Waals surface area (Å²) in [6.07, 6.45) is 0.324. The maximum Gasteiger partial charge on any atom is 0.115 e. The number of phenolic OH excluding ortho intramolecular Hbond substituents is 1. The van der Waals surface area contributed by atoms with E-state index in [2.05, 4.69) is 54.7 Å². The minimum absolute atomic E-state index is 0.211. The average molecular weight is 321 g/mol. The first-order valence-electron chi connectivity index (χ1n) is 8.30. The highest BCUT2D eigenvalue weighted by atomic mass is 16.3. The molecule has 2 atom stereocenters. The van der Waals surface area contributed by atoms with Crippen LogP contribution in [0.25, 0.3) is 10.8 Å². The van der Waals surface area contributed by atoms with Gasteiger partial charge in [0.15, 0.2) is 0 Å². The predicted octanol–water partition coefficient (Wildman–Crippen LogP) is 3.80. The average Bonchev–Trinajstić information content (AvgIpc) is 2.61. The van der Waals surface area contributed by atoms with Crippen LogP contribution in [0.3, 0.4) is 0 Å². The smallest absolute Gasteiger partial charge is 0.115 e. The van der Waals surface area contributed by atoms with Crippen LogP contribution in [0.1, 0.15) is 24.2 Å². The van der Waals surface area contributed by atoms with Crippen molar-refractivity contribution in [3.63, 3.8) is 0 Å². The number of aromatic hydroxyl groups is 1. The lowest BCUT2D eigenvalue weighted by Gasteiger charge is -2.18. The zero-order chi connectivity index (χ0) is 16.9. The Morgan fingerprint density at radius 1 is 0.917 bits per heavy atom. The molecule has 3 N–H and O–H groups in total. The van der Waals surface area contributed by atoms with Crippen LogP contribution in [-0.2, 0) is 6.42 Å². The molecule has 0 aliphatic rings. The van der Waals surface area contributed by atoms with Crippen molar-refractivity contribution < 1.29 is 10.2 Å². The second kappa shape index (κ2) is 7.47. The van der Waals surface area contributed by atoms with Gasteiger partial charge >= 0.3 is 0 Å². The van der Waals surface area contributed by atoms with Gasteiger partial charge in [-0.1, -0.05) is 54.6 Å². The van der Waals surface area contributed by atoms with Crippen LogP contribution < -0.4 is 5.32 Å². The number of aliphatic hydroxyl groups is 1. The summed E-state index contributed by atoms with van der Waals surface area (Å²) in [5.41, 5.74) is 2.12. The van der Waals surface area contributed by atoms with E-state index in [1.54, 1.807) is 24.3 Å². The van der Waals surface area contributed by atoms with E-state index in [9.17, 15) is 10.2 Å². The van der Waals surface area contributed by atoms with Crippen LogP contribution in [0.15, 0.2) is 66.7 Å². The van der Waals surface area contributed by atoms with Gasteiger partial charge in [-0.3, -0.25) is 0 Å². The van der Waals surface area contributed by atoms with Gasteiger partial charge in [0.2, 0.25) is 0 Å². The molecule has 0 aliphatic heterocycles. The van der Waals surface area contributed by atoms with Crippen LogP contribution in [0.2, 0.25) is 0 Å². The molecule has 0 spiro atoms. The number of aliphatic hydroxyl groups excluding tert-OH is 1. The number of hydrogen-bond acceptors (Lipinski definition) is 3. The number of hydrogen-bond donors (Lipinski definition) is 3. The molecule has 3 rings (SSSR count). The molecule has 2 unspecified atom stereocenters. The summed E-state index contributed by atoms with van der Waals surface area (Å²) in [7, 11) is 0. The van der Waals surface area contributed by atoms with Crippen LogP contribution in [0.4, 0.5) is 0 Å². The van der Waals surface area contributed by atoms with Crippen LogP contribution in [-0.4, -0.2) is 22.8 Å². The normalized spacial score (nSPS) is 13.8. The zero-order valence-electron chi connectivity index (χ0n) is 13.8. The maximum atomic E-state index is 10.3. The molecule has 0 saturated heterocycles. The Kier molecular flexibility index (Phi) is 5.14. The number of benzene rings is 3. The summed E-state index contributed by atoms with van der Waals surface area (Å²) in [6, 6.07) is 21.7. The fourth-order valence-electron chi connectivity index (χ4n) is 3.00. The highest BCUT2D eigenvalue weighted by molar-refractivity contribution is 5.85. The molecule has 0 bridgehead atoms. The van der Waals surface area contributed by atoms with Crippen molar-refractivity contribution in [1.29, 1.82) is 0 Å². The summed E-state index contributed by atoms with van der Waals surface area (Å²) in [5, 5.41) is 25.5. The van der Waals surface area contributed by atoms with E-state index >= 15 is 0 Å². The molecule has 0 aliphatic carbocycles. The Bertz CT molecular complexity index is 793. The van der Waals surface area contributed by atoms with Gasteiger partial charge in [-0.05, 0) is 47.4 Å². The second-order valence-electron chi connectivity index (χ2n) is 6.26. The topological polar surface area (TPSA) is 52.5 Å². The molecule has 124 valence electrons. The van der Waals surface area contributed by atoms with Crippen molar-refractivity contribution in [2.45, 2.75) is 25.5 Å². The summed E-state index contributed by atoms with van der Waals surface area (Å²) >= 11 is 0. The summed E-state index contributed by atoms with van der Waals surface area (Å²) < 4.78 is 0. The fourth-order valence-corrected chi connectivity index (χ4v) is 3.00. The molecule has 0 aromatic heterocycles. The lowest BCUT2D eigenvalue weighted by Crippen LogP contribution is -2.32. The SMILES string of the molecule is CC(Cc1cccc2ccccc12)NCC(O)c1ccc(O)cc1. The lowest BCUT2D eigenvalue weighted by molar-refractivity contribution is 0.170. The molecule has 0 heterocycles. The molecule has 3 heteroatoms. The van der Waals surface area contributed by atoms with Crippen molar-refractivity contribution in [3.05, 3.63) is 77.9 Å². The third kappa shape index (κ3) is 3.94. The van der Waals surface area contributed by atoms with E-state index in [4.69, 9.17) is 0 Å². The molecule has 3 aromatic rings. The Hall–Kier alpha value is -2.36. The van der Waals surface area contributed by atoms with Gasteiger partial charge in [0.1, 0.15) is 5.75 Å². The first-order valence-corrected chi connectivity index (χ1v) is 8.30. The Labute approximate surface area is 142 Å². The van der Waals surface area contributed by atoms with Crippen molar-refractivity contribution in [1.82, 2.24) is 5.32 Å². The Morgan fingerprint density at radius 2 is 1.62 bits per heavy atom. The van der Waals surface area contributed by atoms with Crippen LogP contribution in [0.5, 0.6) is 5.75 Å². The van der Waals surface area contributed by atoms with Crippen molar-refractivity contribution in [3.8, 4) is 5.75 Å². The molecular formula is C21H23NO2. The van der Waals surface area contributed by atoms with Crippen molar-refractivity contribution >= 4 is 10.8 Å². The zero-order valence-corrected chi connectivity index (χ0v) is 13.8. The van der Waals surface area contributed by atoms with E-state index in [-0.39, 0.29) is 11.8 Å². The van der Waals surface area contributed by atoms with Gasteiger partial charge in [-0.2, -0.15) is 0 Å². The largest absolute Gasteiger partial charge is 0.508 e. The number of nitrogens with one attached hydrogen (secondary N) is 1. The molecule has 24 heavy (non-hydrogen) atoms. The lowest BCUT2D eigenvalue weighted by atomic mass is 9.99. The van der Waals surface area contributed by atoms with E-state index in [0.717, 1.165) is 12.0 Å². The van der Waals surface area contributed by atoms with Crippen LogP contribution in [0, 0.1) is 0 Å². The van der Waals surface area contributed by atoms with Gasteiger partial charge in [0.25, 0.3) is 0 Å². The molecule has 0 amide bonds. The maximum absolute atomic E-state index is 10.3. The third-order valence-corrected chi connectivity index (χ3v) is 4.34. The third-order valence-electron chi connectivity index (χ3n) is 4.34. The molecule has 0 fully saturated rings. The minimum Gasteiger partial charge on any atom is -0.508 e. The van der Waals surface area contributed by atoms with E-state index in [0.29, 0.717) is 6.54 Å². The van der Waals surface area contributed by atoms with Crippen molar-refractivity contribution in [2.24, 2.45) is 0 Å². The molecule has 3 aromatic carbocycles. The standard InChI is InChI=1S/C21H23NO2/c1-15(22-14-21(24)17-9-11-19(23)12-10-17)13-18-7-4-6-16-5-2-3-8-20(16)18/h2-12,15,21-24H,13-14H2,1H3. The van der Waals surface area contributed by atoms with Gasteiger partial charge in [0.05, 0.1) is 6.10 Å². The number of rotatable bonds is 6. The number of phenols is 1. The molecular weight excluding hydrogens is 298 g/mol. The second-order valence-corrected chi connectivity index (χ2v) is 6.26. The summed E-state index contributed by atoms with van der Waals surface area (Å²) in [6.45, 7) is 2.61. The van der Waals surface area contributed by atoms with Gasteiger partial charge < -0.3 is 15.5 Å². The van der Waals surface area contributed by atoms with Crippen LogP contribution >= 0.6 is 0 Å². The summed E-state index contributed by atoms with van der Waals surface area (Å²) in [5.74, 6) is 0.211. The fraction of sp³-hybridized carbons (Fsp3) is 0.238. The van der Waals surface area contributed by atoms with Crippen molar-refractivity contribution in [2.75, 3.05) is 6.54 Å². The highest BCUT2D eigenvalue weighted by Crippen LogP contribution is 2.20. The molecule has 3 nitrogen and oxygen atoms in total. The van der Waals surface area contributed by atoms with E-state index in [1.807, 2.05) is 0 Å².